The van der Waals surface area contributed by atoms with E-state index >= 15 is 0 Å². The molecule has 0 bridgehead atoms. The summed E-state index contributed by atoms with van der Waals surface area (Å²) in [5.41, 5.74) is 5.37. The maximum atomic E-state index is 13.8. The maximum absolute atomic E-state index is 13.8. The number of allylic oxidation sites excluding steroid dienone is 4. The van der Waals surface area contributed by atoms with Crippen molar-refractivity contribution >= 4 is 27.5 Å². The highest BCUT2D eigenvalue weighted by atomic mass is 79.9. The molecule has 0 amide bonds. The number of rotatable bonds is 6. The minimum Gasteiger partial charge on any atom is -0.490 e. The third-order valence-corrected chi connectivity index (χ3v) is 8.62. The summed E-state index contributed by atoms with van der Waals surface area (Å²) in [6.45, 7) is 11.5. The second-order valence-corrected chi connectivity index (χ2v) is 13.6. The van der Waals surface area contributed by atoms with Gasteiger partial charge in [0.05, 0.1) is 6.61 Å². The molecule has 6 heteroatoms. The summed E-state index contributed by atoms with van der Waals surface area (Å²) in [5, 5.41) is 0. The van der Waals surface area contributed by atoms with E-state index in [1.165, 1.54) is 0 Å². The van der Waals surface area contributed by atoms with Crippen LogP contribution in [0.25, 0.3) is 0 Å². The van der Waals surface area contributed by atoms with Gasteiger partial charge in [-0.15, -0.1) is 0 Å². The second-order valence-electron chi connectivity index (χ2n) is 12.6. The highest BCUT2D eigenvalue weighted by molar-refractivity contribution is 9.10. The molecule has 2 aromatic carbocycles. The SMILES string of the molecule is CCOc1cc(C2C3=C(CC(C)(C)CC3=O)N(C)C3=C2C(=O)CC(C)(C)C3)ccc1OCc1ccc(Br)cc1. The minimum atomic E-state index is -0.391. The number of ether oxygens (including phenoxy) is 2. The van der Waals surface area contributed by atoms with E-state index in [-0.39, 0.29) is 22.4 Å². The van der Waals surface area contributed by atoms with Crippen LogP contribution in [-0.4, -0.2) is 30.1 Å². The molecule has 0 fully saturated rings. The summed E-state index contributed by atoms with van der Waals surface area (Å²) in [6.07, 6.45) is 2.56. The molecule has 2 aliphatic carbocycles. The van der Waals surface area contributed by atoms with Gasteiger partial charge in [-0.05, 0) is 66.0 Å². The second kappa shape index (κ2) is 10.3. The molecule has 0 aromatic heterocycles. The molecule has 0 saturated carbocycles. The van der Waals surface area contributed by atoms with Crippen LogP contribution in [0.3, 0.4) is 0 Å². The van der Waals surface area contributed by atoms with Crippen LogP contribution in [0.1, 0.15) is 77.3 Å². The van der Waals surface area contributed by atoms with Crippen molar-refractivity contribution in [2.75, 3.05) is 13.7 Å². The molecule has 2 aromatic rings. The zero-order chi connectivity index (χ0) is 28.1. The van der Waals surface area contributed by atoms with Crippen LogP contribution in [0.4, 0.5) is 0 Å². The zero-order valence-electron chi connectivity index (χ0n) is 23.8. The third kappa shape index (κ3) is 5.45. The lowest BCUT2D eigenvalue weighted by Gasteiger charge is -2.47. The fraction of sp³-hybridized carbons (Fsp3) is 0.455. The minimum absolute atomic E-state index is 0.123. The quantitative estimate of drug-likeness (QED) is 0.344. The largest absolute Gasteiger partial charge is 0.490 e. The molecule has 1 aliphatic heterocycles. The Morgan fingerprint density at radius 3 is 1.92 bits per heavy atom. The van der Waals surface area contributed by atoms with E-state index in [2.05, 4.69) is 48.5 Å². The first-order chi connectivity index (χ1) is 18.4. The van der Waals surface area contributed by atoms with Gasteiger partial charge in [-0.2, -0.15) is 0 Å². The topological polar surface area (TPSA) is 55.8 Å². The van der Waals surface area contributed by atoms with Crippen LogP contribution in [-0.2, 0) is 16.2 Å². The molecule has 5 rings (SSSR count). The van der Waals surface area contributed by atoms with Crippen molar-refractivity contribution in [1.82, 2.24) is 4.90 Å². The van der Waals surface area contributed by atoms with E-state index < -0.39 is 5.92 Å². The van der Waals surface area contributed by atoms with Gasteiger partial charge in [0.2, 0.25) is 0 Å². The Balaban J connectivity index is 1.59. The lowest BCUT2D eigenvalue weighted by Crippen LogP contribution is -2.43. The molecule has 0 radical (unpaired) electrons. The van der Waals surface area contributed by atoms with Gasteiger partial charge in [-0.25, -0.2) is 0 Å². The normalized spacial score (nSPS) is 20.6. The van der Waals surface area contributed by atoms with Crippen molar-refractivity contribution < 1.29 is 19.1 Å². The van der Waals surface area contributed by atoms with E-state index in [9.17, 15) is 9.59 Å². The van der Waals surface area contributed by atoms with Crippen LogP contribution in [0.2, 0.25) is 0 Å². The molecule has 0 N–H and O–H groups in total. The molecule has 0 unspecified atom stereocenters. The van der Waals surface area contributed by atoms with Crippen LogP contribution >= 0.6 is 15.9 Å². The molecule has 0 atom stereocenters. The zero-order valence-corrected chi connectivity index (χ0v) is 25.4. The van der Waals surface area contributed by atoms with Crippen LogP contribution in [0.5, 0.6) is 11.5 Å². The van der Waals surface area contributed by atoms with Gasteiger partial charge < -0.3 is 14.4 Å². The predicted octanol–water partition coefficient (Wildman–Crippen LogP) is 7.74. The molecule has 3 aliphatic rings. The smallest absolute Gasteiger partial charge is 0.162 e. The number of carbonyl (C=O) groups excluding carboxylic acids is 2. The van der Waals surface area contributed by atoms with Crippen LogP contribution in [0, 0.1) is 10.8 Å². The van der Waals surface area contributed by atoms with Gasteiger partial charge in [-0.1, -0.05) is 61.8 Å². The fourth-order valence-corrected chi connectivity index (χ4v) is 6.60. The molecule has 0 saturated heterocycles. The molecule has 0 spiro atoms. The first-order valence-electron chi connectivity index (χ1n) is 13.8. The molecular weight excluding hydrogens is 554 g/mol. The van der Waals surface area contributed by atoms with E-state index in [4.69, 9.17) is 9.47 Å². The maximum Gasteiger partial charge on any atom is 0.162 e. The van der Waals surface area contributed by atoms with Gasteiger partial charge >= 0.3 is 0 Å². The molecule has 39 heavy (non-hydrogen) atoms. The van der Waals surface area contributed by atoms with E-state index in [0.29, 0.717) is 37.6 Å². The average molecular weight is 593 g/mol. The van der Waals surface area contributed by atoms with Crippen molar-refractivity contribution in [3.05, 3.63) is 80.6 Å². The average Bonchev–Trinajstić information content (AvgIpc) is 2.84. The van der Waals surface area contributed by atoms with Gasteiger partial charge in [0.1, 0.15) is 6.61 Å². The number of benzene rings is 2. The predicted molar refractivity (Wildman–Crippen MR) is 157 cm³/mol. The Bertz CT molecular complexity index is 1330. The number of hydrogen-bond donors (Lipinski definition) is 0. The van der Waals surface area contributed by atoms with Crippen molar-refractivity contribution in [2.45, 2.75) is 72.8 Å². The lowest BCUT2D eigenvalue weighted by atomic mass is 9.64. The van der Waals surface area contributed by atoms with Gasteiger partial charge in [0, 0.05) is 52.8 Å². The number of nitrogens with zero attached hydrogens (tertiary/aromatic N) is 1. The number of ketones is 2. The first kappa shape index (κ1) is 27.7. The molecule has 1 heterocycles. The van der Waals surface area contributed by atoms with Gasteiger partial charge in [-0.3, -0.25) is 9.59 Å². The Kier molecular flexibility index (Phi) is 7.30. The number of carbonyl (C=O) groups is 2. The van der Waals surface area contributed by atoms with Gasteiger partial charge in [0.15, 0.2) is 23.1 Å². The lowest BCUT2D eigenvalue weighted by molar-refractivity contribution is -0.119. The highest BCUT2D eigenvalue weighted by Crippen LogP contribution is 2.54. The molecule has 206 valence electrons. The summed E-state index contributed by atoms with van der Waals surface area (Å²) in [6, 6.07) is 13.9. The van der Waals surface area contributed by atoms with Gasteiger partial charge in [0.25, 0.3) is 0 Å². The monoisotopic (exact) mass is 591 g/mol. The Labute approximate surface area is 240 Å². The summed E-state index contributed by atoms with van der Waals surface area (Å²) < 4.78 is 13.2. The van der Waals surface area contributed by atoms with Crippen LogP contribution < -0.4 is 9.47 Å². The third-order valence-electron chi connectivity index (χ3n) is 8.09. The molecule has 5 nitrogen and oxygen atoms in total. The summed E-state index contributed by atoms with van der Waals surface area (Å²) >= 11 is 3.47. The van der Waals surface area contributed by atoms with E-state index in [0.717, 1.165) is 51.0 Å². The fourth-order valence-electron chi connectivity index (χ4n) is 6.33. The summed E-state index contributed by atoms with van der Waals surface area (Å²) in [5.74, 6) is 1.15. The standard InChI is InChI=1S/C33H38BrNO4/c1-7-38-28-14-21(10-13-27(28)39-19-20-8-11-22(34)12-9-20)29-30-23(15-32(2,3)17-25(30)36)35(6)24-16-33(4,5)18-26(37)31(24)29/h8-14,29H,7,15-19H2,1-6H3. The number of halogens is 1. The van der Waals surface area contributed by atoms with Crippen molar-refractivity contribution in [2.24, 2.45) is 10.8 Å². The Morgan fingerprint density at radius 1 is 0.821 bits per heavy atom. The number of hydrogen-bond acceptors (Lipinski definition) is 5. The number of Topliss-reactive ketones (excluding diaryl/α,β-unsaturated/α-hetero) is 2. The van der Waals surface area contributed by atoms with E-state index in [1.54, 1.807) is 0 Å². The summed E-state index contributed by atoms with van der Waals surface area (Å²) in [4.78, 5) is 29.7. The van der Waals surface area contributed by atoms with Crippen molar-refractivity contribution in [3.63, 3.8) is 0 Å². The highest BCUT2D eigenvalue weighted by Gasteiger charge is 2.48. The summed E-state index contributed by atoms with van der Waals surface area (Å²) in [7, 11) is 2.04. The Hall–Kier alpha value is -2.86. The Morgan fingerprint density at radius 2 is 1.38 bits per heavy atom. The first-order valence-corrected chi connectivity index (χ1v) is 14.6. The van der Waals surface area contributed by atoms with E-state index in [1.807, 2.05) is 56.4 Å². The van der Waals surface area contributed by atoms with Crippen molar-refractivity contribution in [1.29, 1.82) is 0 Å². The molecular formula is C33H38BrNO4. The van der Waals surface area contributed by atoms with Crippen LogP contribution in [0.15, 0.2) is 69.5 Å². The van der Waals surface area contributed by atoms with Crippen molar-refractivity contribution in [3.8, 4) is 11.5 Å².